The zero-order valence-corrected chi connectivity index (χ0v) is 8.54. The summed E-state index contributed by atoms with van der Waals surface area (Å²) in [4.78, 5) is 0. The number of hydrogen-bond donors (Lipinski definition) is 1. The van der Waals surface area contributed by atoms with E-state index in [1.54, 1.807) is 0 Å². The molecule has 1 aliphatic carbocycles. The van der Waals surface area contributed by atoms with Gasteiger partial charge in [-0.2, -0.15) is 0 Å². The molecule has 1 aliphatic rings. The maximum Gasteiger partial charge on any atom is 0.0306 e. The van der Waals surface area contributed by atoms with Crippen molar-refractivity contribution < 1.29 is 0 Å². The van der Waals surface area contributed by atoms with Crippen molar-refractivity contribution in [2.45, 2.75) is 33.2 Å². The lowest BCUT2D eigenvalue weighted by atomic mass is 9.79. The quantitative estimate of drug-likeness (QED) is 0.367. The minimum Gasteiger partial charge on any atom is -0.269 e. The van der Waals surface area contributed by atoms with Gasteiger partial charge in [-0.3, -0.25) is 5.84 Å². The Labute approximate surface area is 75.4 Å². The Morgan fingerprint density at radius 3 is 2.58 bits per heavy atom. The molecule has 2 heteroatoms. The third-order valence-corrected chi connectivity index (χ3v) is 3.04. The molecule has 12 heavy (non-hydrogen) atoms. The van der Waals surface area contributed by atoms with Crippen molar-refractivity contribution in [1.29, 1.82) is 0 Å². The van der Waals surface area contributed by atoms with Gasteiger partial charge in [0.05, 0.1) is 0 Å². The molecule has 2 N–H and O–H groups in total. The fourth-order valence-corrected chi connectivity index (χ4v) is 2.05. The second kappa shape index (κ2) is 3.58. The molecule has 1 rings (SSSR count). The summed E-state index contributed by atoms with van der Waals surface area (Å²) in [5.41, 5.74) is 1.47. The first kappa shape index (κ1) is 9.75. The average Bonchev–Trinajstić information content (AvgIpc) is 1.96. The van der Waals surface area contributed by atoms with Gasteiger partial charge in [0, 0.05) is 13.1 Å². The second-order valence-electron chi connectivity index (χ2n) is 4.17. The molecule has 2 nitrogen and oxygen atoms in total. The summed E-state index contributed by atoms with van der Waals surface area (Å²) in [7, 11) is 1.96. The van der Waals surface area contributed by atoms with Gasteiger partial charge in [0.2, 0.25) is 0 Å². The van der Waals surface area contributed by atoms with Crippen molar-refractivity contribution >= 4 is 0 Å². The van der Waals surface area contributed by atoms with Crippen LogP contribution in [0.5, 0.6) is 0 Å². The van der Waals surface area contributed by atoms with Gasteiger partial charge in [0.25, 0.3) is 0 Å². The van der Waals surface area contributed by atoms with Gasteiger partial charge in [-0.25, -0.2) is 5.01 Å². The maximum atomic E-state index is 5.79. The fraction of sp³-hybridized carbons (Fsp3) is 0.800. The molecule has 0 aromatic rings. The van der Waals surface area contributed by atoms with Gasteiger partial charge < -0.3 is 0 Å². The lowest BCUT2D eigenvalue weighted by molar-refractivity contribution is 0.153. The Kier molecular flexibility index (Phi) is 2.91. The Morgan fingerprint density at radius 2 is 2.08 bits per heavy atom. The topological polar surface area (TPSA) is 29.3 Å². The summed E-state index contributed by atoms with van der Waals surface area (Å²) in [6.45, 7) is 6.74. The van der Waals surface area contributed by atoms with E-state index in [1.807, 2.05) is 12.1 Å². The van der Waals surface area contributed by atoms with E-state index in [4.69, 9.17) is 5.84 Å². The zero-order chi connectivity index (χ0) is 9.30. The molecular weight excluding hydrogens is 148 g/mol. The molecule has 0 aromatic carbocycles. The van der Waals surface area contributed by atoms with Gasteiger partial charge >= 0.3 is 0 Å². The highest BCUT2D eigenvalue weighted by Gasteiger charge is 2.27. The van der Waals surface area contributed by atoms with Crippen molar-refractivity contribution in [1.82, 2.24) is 5.01 Å². The Morgan fingerprint density at radius 1 is 1.50 bits per heavy atom. The van der Waals surface area contributed by atoms with Crippen molar-refractivity contribution in [3.05, 3.63) is 11.6 Å². The molecule has 0 radical (unpaired) electrons. The van der Waals surface area contributed by atoms with E-state index in [9.17, 15) is 0 Å². The minimum absolute atomic E-state index is 0.519. The van der Waals surface area contributed by atoms with Crippen LogP contribution in [-0.2, 0) is 0 Å². The van der Waals surface area contributed by atoms with Crippen LogP contribution in [0, 0.1) is 11.8 Å². The molecule has 3 unspecified atom stereocenters. The minimum atomic E-state index is 0.519. The normalized spacial score (nSPS) is 36.8. The van der Waals surface area contributed by atoms with Crippen LogP contribution in [0.1, 0.15) is 27.2 Å². The standard InChI is InChI=1S/C10H20N2/c1-7-5-8(2)9(3)10(6-7)12(4)11/h5,8-10H,6,11H2,1-4H3. The van der Waals surface area contributed by atoms with Crippen LogP contribution in [0.15, 0.2) is 11.6 Å². The van der Waals surface area contributed by atoms with Crippen LogP contribution in [-0.4, -0.2) is 18.1 Å². The largest absolute Gasteiger partial charge is 0.269 e. The van der Waals surface area contributed by atoms with Gasteiger partial charge in [0.1, 0.15) is 0 Å². The van der Waals surface area contributed by atoms with E-state index in [0.29, 0.717) is 17.9 Å². The molecule has 70 valence electrons. The van der Waals surface area contributed by atoms with E-state index in [2.05, 4.69) is 26.8 Å². The molecule has 0 spiro atoms. The lowest BCUT2D eigenvalue weighted by Crippen LogP contribution is -2.45. The van der Waals surface area contributed by atoms with Gasteiger partial charge in [0.15, 0.2) is 0 Å². The summed E-state index contributed by atoms with van der Waals surface area (Å²) in [6, 6.07) is 0.519. The summed E-state index contributed by atoms with van der Waals surface area (Å²) in [6.07, 6.45) is 3.49. The number of rotatable bonds is 1. The molecular formula is C10H20N2. The van der Waals surface area contributed by atoms with Crippen LogP contribution in [0.4, 0.5) is 0 Å². The summed E-state index contributed by atoms with van der Waals surface area (Å²) in [5, 5.41) is 1.86. The molecule has 0 aliphatic heterocycles. The highest BCUT2D eigenvalue weighted by molar-refractivity contribution is 5.09. The van der Waals surface area contributed by atoms with Crippen molar-refractivity contribution in [2.75, 3.05) is 7.05 Å². The number of hydrogen-bond acceptors (Lipinski definition) is 2. The first-order valence-corrected chi connectivity index (χ1v) is 4.67. The number of nitrogens with zero attached hydrogens (tertiary/aromatic N) is 1. The maximum absolute atomic E-state index is 5.79. The molecule has 0 fully saturated rings. The lowest BCUT2D eigenvalue weighted by Gasteiger charge is -2.36. The molecule has 0 bridgehead atoms. The van der Waals surface area contributed by atoms with Crippen LogP contribution in [0.3, 0.4) is 0 Å². The fourth-order valence-electron chi connectivity index (χ4n) is 2.05. The van der Waals surface area contributed by atoms with Crippen molar-refractivity contribution in [2.24, 2.45) is 17.7 Å². The molecule has 0 heterocycles. The molecule has 0 aromatic heterocycles. The number of allylic oxidation sites excluding steroid dienone is 1. The Hall–Kier alpha value is -0.340. The Balaban J connectivity index is 2.73. The smallest absolute Gasteiger partial charge is 0.0306 e. The highest BCUT2D eigenvalue weighted by Crippen LogP contribution is 2.29. The first-order valence-electron chi connectivity index (χ1n) is 4.67. The number of hydrazine groups is 1. The zero-order valence-electron chi connectivity index (χ0n) is 8.54. The van der Waals surface area contributed by atoms with Gasteiger partial charge in [-0.15, -0.1) is 0 Å². The van der Waals surface area contributed by atoms with E-state index < -0.39 is 0 Å². The molecule has 0 saturated heterocycles. The van der Waals surface area contributed by atoms with Gasteiger partial charge in [-0.1, -0.05) is 25.5 Å². The molecule has 0 amide bonds. The van der Waals surface area contributed by atoms with Crippen LogP contribution in [0.25, 0.3) is 0 Å². The monoisotopic (exact) mass is 168 g/mol. The first-order chi connectivity index (χ1) is 5.52. The van der Waals surface area contributed by atoms with E-state index in [-0.39, 0.29) is 0 Å². The predicted octanol–water partition coefficient (Wildman–Crippen LogP) is 1.78. The van der Waals surface area contributed by atoms with Crippen LogP contribution in [0.2, 0.25) is 0 Å². The van der Waals surface area contributed by atoms with Crippen LogP contribution < -0.4 is 5.84 Å². The third kappa shape index (κ3) is 1.87. The van der Waals surface area contributed by atoms with E-state index >= 15 is 0 Å². The average molecular weight is 168 g/mol. The van der Waals surface area contributed by atoms with Crippen molar-refractivity contribution in [3.63, 3.8) is 0 Å². The second-order valence-corrected chi connectivity index (χ2v) is 4.17. The molecule has 0 saturated carbocycles. The number of nitrogens with two attached hydrogens (primary N) is 1. The van der Waals surface area contributed by atoms with Gasteiger partial charge in [-0.05, 0) is 25.2 Å². The predicted molar refractivity (Wildman–Crippen MR) is 52.4 cm³/mol. The van der Waals surface area contributed by atoms with Crippen LogP contribution >= 0.6 is 0 Å². The van der Waals surface area contributed by atoms with E-state index in [1.165, 1.54) is 5.57 Å². The third-order valence-electron chi connectivity index (χ3n) is 3.04. The Bertz CT molecular complexity index is 184. The summed E-state index contributed by atoms with van der Waals surface area (Å²) in [5.74, 6) is 7.12. The SMILES string of the molecule is CC1=CC(C)C(C)C(N(C)N)C1. The van der Waals surface area contributed by atoms with Crippen molar-refractivity contribution in [3.8, 4) is 0 Å². The summed E-state index contributed by atoms with van der Waals surface area (Å²) >= 11 is 0. The summed E-state index contributed by atoms with van der Waals surface area (Å²) < 4.78 is 0. The highest BCUT2D eigenvalue weighted by atomic mass is 15.4. The molecule has 3 atom stereocenters. The van der Waals surface area contributed by atoms with E-state index in [0.717, 1.165) is 6.42 Å².